The van der Waals surface area contributed by atoms with E-state index in [0.717, 1.165) is 15.8 Å². The van der Waals surface area contributed by atoms with Crippen LogP contribution in [-0.4, -0.2) is 157 Å². The Morgan fingerprint density at radius 3 is 1.91 bits per heavy atom. The Morgan fingerprint density at radius 1 is 0.709 bits per heavy atom. The van der Waals surface area contributed by atoms with Gasteiger partial charge in [-0.25, -0.2) is 9.78 Å². The van der Waals surface area contributed by atoms with E-state index in [1.807, 2.05) is 45.9 Å². The van der Waals surface area contributed by atoms with Crippen LogP contribution >= 0.6 is 0 Å². The molecule has 0 aliphatic carbocycles. The zero-order valence-corrected chi connectivity index (χ0v) is 46.6. The number of H-pyrrole nitrogens is 2. The number of hydrogen-bond donors (Lipinski definition) is 13. The van der Waals surface area contributed by atoms with Crippen LogP contribution in [0.15, 0.2) is 43.0 Å². The van der Waals surface area contributed by atoms with E-state index in [-0.39, 0.29) is 57.0 Å². The number of carbonyl (C=O) groups is 10. The quantitative estimate of drug-likeness (QED) is 0.0378. The number of hydrogen-bond acceptors (Lipinski definition) is 13. The number of likely N-dealkylation sites (tertiary alicyclic amines) is 1. The first kappa shape index (κ1) is 64.1. The van der Waals surface area contributed by atoms with Crippen molar-refractivity contribution in [2.24, 2.45) is 35.1 Å². The molecule has 0 radical (unpaired) electrons. The lowest BCUT2D eigenvalue weighted by Crippen LogP contribution is -2.61. The van der Waals surface area contributed by atoms with Crippen LogP contribution in [0, 0.1) is 23.7 Å². The van der Waals surface area contributed by atoms with Crippen molar-refractivity contribution in [3.63, 3.8) is 0 Å². The third kappa shape index (κ3) is 18.9. The lowest BCUT2D eigenvalue weighted by atomic mass is 9.97. The van der Waals surface area contributed by atoms with Gasteiger partial charge in [0.15, 0.2) is 0 Å². The van der Waals surface area contributed by atoms with E-state index < -0.39 is 132 Å². The van der Waals surface area contributed by atoms with Gasteiger partial charge in [0, 0.05) is 48.4 Å². The highest BCUT2D eigenvalue weighted by atomic mass is 16.4. The zero-order chi connectivity index (χ0) is 58.7. The number of nitrogens with zero attached hydrogens (tertiary/aromatic N) is 2. The van der Waals surface area contributed by atoms with Gasteiger partial charge in [-0.05, 0) is 80.4 Å². The number of benzene rings is 1. The maximum atomic E-state index is 14.4. The van der Waals surface area contributed by atoms with Crippen LogP contribution in [0.5, 0.6) is 0 Å². The van der Waals surface area contributed by atoms with Crippen molar-refractivity contribution in [3.8, 4) is 0 Å². The molecule has 2 aromatic heterocycles. The summed E-state index contributed by atoms with van der Waals surface area (Å²) in [7, 11) is 0. The molecule has 436 valence electrons. The highest BCUT2D eigenvalue weighted by molar-refractivity contribution is 5.99. The number of aliphatic carboxylic acids is 2. The van der Waals surface area contributed by atoms with Crippen LogP contribution in [0.25, 0.3) is 10.9 Å². The first-order valence-corrected chi connectivity index (χ1v) is 27.2. The van der Waals surface area contributed by atoms with E-state index in [0.29, 0.717) is 36.9 Å². The minimum absolute atomic E-state index is 0.0163. The molecule has 1 aliphatic rings. The molecule has 25 heteroatoms. The monoisotopic (exact) mass is 1110 g/mol. The van der Waals surface area contributed by atoms with E-state index in [1.54, 1.807) is 40.0 Å². The molecule has 0 unspecified atom stereocenters. The van der Waals surface area contributed by atoms with Crippen molar-refractivity contribution in [1.29, 1.82) is 0 Å². The molecule has 3 heterocycles. The van der Waals surface area contributed by atoms with Gasteiger partial charge in [0.1, 0.15) is 48.3 Å². The highest BCUT2D eigenvalue weighted by Crippen LogP contribution is 2.22. The number of fused-ring (bicyclic) bond motifs is 1. The van der Waals surface area contributed by atoms with Crippen molar-refractivity contribution < 1.29 is 58.2 Å². The van der Waals surface area contributed by atoms with Crippen LogP contribution in [0.2, 0.25) is 0 Å². The molecule has 1 saturated heterocycles. The third-order valence-corrected chi connectivity index (χ3v) is 14.1. The Kier molecular flexibility index (Phi) is 24.9. The molecule has 1 fully saturated rings. The second-order valence-electron chi connectivity index (χ2n) is 21.6. The molecule has 0 spiro atoms. The van der Waals surface area contributed by atoms with Crippen LogP contribution in [-0.2, 0) is 60.8 Å². The van der Waals surface area contributed by atoms with E-state index >= 15 is 0 Å². The molecule has 10 atom stereocenters. The fourth-order valence-electron chi connectivity index (χ4n) is 9.31. The molecular formula is C54H83N13O12. The summed E-state index contributed by atoms with van der Waals surface area (Å²) in [6.45, 7) is 14.2. The Balaban J connectivity index is 1.56. The lowest BCUT2D eigenvalue weighted by Gasteiger charge is -2.31. The fourth-order valence-corrected chi connectivity index (χ4v) is 9.31. The molecule has 0 bridgehead atoms. The van der Waals surface area contributed by atoms with E-state index in [2.05, 4.69) is 52.2 Å². The van der Waals surface area contributed by atoms with Gasteiger partial charge >= 0.3 is 11.9 Å². The van der Waals surface area contributed by atoms with Crippen LogP contribution in [0.3, 0.4) is 0 Å². The van der Waals surface area contributed by atoms with Crippen LogP contribution in [0.1, 0.15) is 118 Å². The molecule has 15 N–H and O–H groups in total. The number of aromatic amines is 2. The number of unbranched alkanes of at least 4 members (excludes halogenated alkanes) is 1. The maximum absolute atomic E-state index is 14.4. The summed E-state index contributed by atoms with van der Waals surface area (Å²) in [4.78, 5) is 148. The number of carboxylic acid groups (broad SMARTS) is 2. The number of imidazole rings is 1. The zero-order valence-electron chi connectivity index (χ0n) is 46.6. The van der Waals surface area contributed by atoms with E-state index in [1.165, 1.54) is 12.5 Å². The topological polar surface area (TPSA) is 395 Å². The van der Waals surface area contributed by atoms with Crippen LogP contribution in [0.4, 0.5) is 0 Å². The largest absolute Gasteiger partial charge is 0.481 e. The number of para-hydroxylation sites is 1. The summed E-state index contributed by atoms with van der Waals surface area (Å²) in [6, 6.07) is -4.28. The summed E-state index contributed by atoms with van der Waals surface area (Å²) in [5.41, 5.74) is 13.7. The Morgan fingerprint density at radius 2 is 1.30 bits per heavy atom. The molecule has 25 nitrogen and oxygen atoms in total. The van der Waals surface area contributed by atoms with Crippen LogP contribution < -0.4 is 48.7 Å². The van der Waals surface area contributed by atoms with E-state index in [4.69, 9.17) is 11.5 Å². The standard InChI is InChI=1S/C54H83N13O12/c1-9-31(8)43(56)51(75)62-37(21-28(2)3)47(71)60-36(17-12-13-19-55)46(70)64-40(24-42(68)69)53(77)67-20-14-18-41(67)50(74)65-44(29(4)5)52(76)63-39(23-33-26-57-27-59-33)48(72)61-38(49(73)66-45(30(6)7)54(78)79)22-32-25-58-35-16-11-10-15-34(32)35/h10-11,15-16,25-31,36-41,43-45,58H,9,12-14,17-24,55-56H2,1-8H3,(H,57,59)(H,60,71)(H,61,72)(H,62,75)(H,63,76)(H,64,70)(H,65,74)(H,66,73)(H,68,69)(H,78,79)/t31-,36-,37-,38-,39-,40-,41-,43-,44-,45-/m0/s1. The Labute approximate surface area is 460 Å². The second kappa shape index (κ2) is 30.7. The van der Waals surface area contributed by atoms with Crippen molar-refractivity contribution in [3.05, 3.63) is 54.2 Å². The number of amides is 8. The van der Waals surface area contributed by atoms with E-state index in [9.17, 15) is 58.2 Å². The summed E-state index contributed by atoms with van der Waals surface area (Å²) in [5.74, 6) is -10.3. The first-order chi connectivity index (χ1) is 37.4. The summed E-state index contributed by atoms with van der Waals surface area (Å²) < 4.78 is 0. The average Bonchev–Trinajstić information content (AvgIpc) is 4.22. The number of aromatic nitrogens is 3. The first-order valence-electron chi connectivity index (χ1n) is 27.2. The lowest BCUT2D eigenvalue weighted by molar-refractivity contribution is -0.146. The molecule has 1 aromatic carbocycles. The smallest absolute Gasteiger partial charge is 0.326 e. The Bertz CT molecular complexity index is 2570. The molecule has 4 rings (SSSR count). The molecule has 0 saturated carbocycles. The minimum atomic E-state index is -1.71. The van der Waals surface area contributed by atoms with Gasteiger partial charge in [-0.2, -0.15) is 0 Å². The molecule has 79 heavy (non-hydrogen) atoms. The highest BCUT2D eigenvalue weighted by Gasteiger charge is 2.42. The van der Waals surface area contributed by atoms with Crippen molar-refractivity contribution in [1.82, 2.24) is 57.1 Å². The van der Waals surface area contributed by atoms with Gasteiger partial charge < -0.3 is 73.8 Å². The minimum Gasteiger partial charge on any atom is -0.481 e. The van der Waals surface area contributed by atoms with Gasteiger partial charge in [-0.1, -0.05) is 80.0 Å². The second-order valence-corrected chi connectivity index (χ2v) is 21.6. The summed E-state index contributed by atoms with van der Waals surface area (Å²) >= 11 is 0. The number of rotatable bonds is 32. The summed E-state index contributed by atoms with van der Waals surface area (Å²) in [6.07, 6.45) is 5.43. The number of nitrogens with two attached hydrogens (primary N) is 2. The summed E-state index contributed by atoms with van der Waals surface area (Å²) in [5, 5.41) is 39.3. The molecule has 8 amide bonds. The number of carboxylic acids is 2. The van der Waals surface area contributed by atoms with Gasteiger partial charge in [0.25, 0.3) is 0 Å². The third-order valence-electron chi connectivity index (χ3n) is 14.1. The van der Waals surface area contributed by atoms with Crippen molar-refractivity contribution in [2.75, 3.05) is 13.1 Å². The SMILES string of the molecule is CC[C@H](C)[C@H](N)C(=O)N[C@@H](CC(C)C)C(=O)N[C@@H](CCCCN)C(=O)N[C@@H](CC(=O)O)C(=O)N1CCC[C@H]1C(=O)N[C@H](C(=O)N[C@@H](Cc1cnc[nH]1)C(=O)N[C@@H](Cc1c[nH]c2ccccc12)C(=O)N[C@H](C(=O)O)C(C)C)C(C)C. The molecular weight excluding hydrogens is 1020 g/mol. The average molecular weight is 1110 g/mol. The number of carbonyl (C=O) groups excluding carboxylic acids is 8. The normalized spacial score (nSPS) is 16.9. The Hall–Kier alpha value is -7.41. The van der Waals surface area contributed by atoms with Gasteiger partial charge in [0.05, 0.1) is 18.8 Å². The van der Waals surface area contributed by atoms with Gasteiger partial charge in [0.2, 0.25) is 47.3 Å². The van der Waals surface area contributed by atoms with Gasteiger partial charge in [-0.3, -0.25) is 43.2 Å². The maximum Gasteiger partial charge on any atom is 0.326 e. The van der Waals surface area contributed by atoms with Crippen molar-refractivity contribution in [2.45, 2.75) is 174 Å². The van der Waals surface area contributed by atoms with Gasteiger partial charge in [-0.15, -0.1) is 0 Å². The predicted octanol–water partition coefficient (Wildman–Crippen LogP) is 0.481. The molecule has 3 aromatic rings. The molecule has 1 aliphatic heterocycles. The predicted molar refractivity (Wildman–Crippen MR) is 292 cm³/mol. The van der Waals surface area contributed by atoms with Crippen molar-refractivity contribution >= 4 is 70.1 Å². The fraction of sp³-hybridized carbons (Fsp3) is 0.611. The number of nitrogens with one attached hydrogen (secondary N) is 9.